The van der Waals surface area contributed by atoms with Crippen LogP contribution in [0.1, 0.15) is 47.5 Å². The topological polar surface area (TPSA) is 3.24 Å². The lowest BCUT2D eigenvalue weighted by molar-refractivity contribution is 0.138. The molecule has 0 N–H and O–H groups in total. The van der Waals surface area contributed by atoms with Crippen molar-refractivity contribution in [2.75, 3.05) is 0 Å². The minimum absolute atomic E-state index is 0.198. The lowest BCUT2D eigenvalue weighted by Gasteiger charge is -2.40. The third-order valence-corrected chi connectivity index (χ3v) is 8.26. The van der Waals surface area contributed by atoms with Crippen molar-refractivity contribution < 1.29 is 0 Å². The lowest BCUT2D eigenvalue weighted by Crippen LogP contribution is -2.39. The quantitative estimate of drug-likeness (QED) is 0.314. The largest absolute Gasteiger partial charge is 0.276 e. The highest BCUT2D eigenvalue weighted by molar-refractivity contribution is 8.00. The van der Waals surface area contributed by atoms with E-state index in [1.807, 2.05) is 0 Å². The molecule has 0 aliphatic carbocycles. The summed E-state index contributed by atoms with van der Waals surface area (Å²) in [5, 5.41) is 0.252. The number of thioether (sulfide) groups is 1. The van der Waals surface area contributed by atoms with Gasteiger partial charge < -0.3 is 0 Å². The molecule has 0 radical (unpaired) electrons. The summed E-state index contributed by atoms with van der Waals surface area (Å²) in [4.78, 5) is 2.72. The van der Waals surface area contributed by atoms with Crippen LogP contribution in [0.4, 0.5) is 0 Å². The molecule has 4 aromatic rings. The van der Waals surface area contributed by atoms with Crippen LogP contribution in [-0.2, 0) is 4.75 Å². The zero-order chi connectivity index (χ0) is 22.0. The van der Waals surface area contributed by atoms with Gasteiger partial charge in [0.05, 0.1) is 16.2 Å². The smallest absolute Gasteiger partial charge is 0.0873 e. The van der Waals surface area contributed by atoms with Gasteiger partial charge in [0.15, 0.2) is 0 Å². The molecule has 1 fully saturated rings. The van der Waals surface area contributed by atoms with E-state index < -0.39 is 0 Å². The Balaban J connectivity index is 1.82. The van der Waals surface area contributed by atoms with Crippen LogP contribution in [0.25, 0.3) is 0 Å². The van der Waals surface area contributed by atoms with Gasteiger partial charge in [-0.1, -0.05) is 121 Å². The predicted molar refractivity (Wildman–Crippen MR) is 137 cm³/mol. The van der Waals surface area contributed by atoms with Crippen LogP contribution in [-0.4, -0.2) is 10.9 Å². The van der Waals surface area contributed by atoms with E-state index in [0.29, 0.717) is 6.04 Å². The molecule has 1 aliphatic heterocycles. The maximum absolute atomic E-state index is 2.72. The summed E-state index contributed by atoms with van der Waals surface area (Å²) in [7, 11) is 0. The van der Waals surface area contributed by atoms with Gasteiger partial charge in [-0.15, -0.1) is 11.8 Å². The van der Waals surface area contributed by atoms with E-state index >= 15 is 0 Å². The van der Waals surface area contributed by atoms with Gasteiger partial charge in [0.2, 0.25) is 0 Å². The van der Waals surface area contributed by atoms with E-state index in [4.69, 9.17) is 0 Å². The molecule has 0 bridgehead atoms. The number of rotatable bonds is 5. The van der Waals surface area contributed by atoms with Crippen LogP contribution < -0.4 is 0 Å². The average Bonchev–Trinajstić information content (AvgIpc) is 3.24. The Morgan fingerprint density at radius 1 is 0.594 bits per heavy atom. The molecular weight excluding hydrogens is 406 g/mol. The number of hydrogen-bond acceptors (Lipinski definition) is 2. The molecule has 1 saturated heterocycles. The van der Waals surface area contributed by atoms with E-state index in [-0.39, 0.29) is 16.2 Å². The van der Waals surface area contributed by atoms with E-state index in [2.05, 4.69) is 152 Å². The van der Waals surface area contributed by atoms with Crippen LogP contribution in [0.2, 0.25) is 0 Å². The minimum Gasteiger partial charge on any atom is -0.276 e. The zero-order valence-electron chi connectivity index (χ0n) is 18.6. The van der Waals surface area contributed by atoms with Gasteiger partial charge in [0.25, 0.3) is 0 Å². The standard InChI is InChI=1S/C30H29NS/c1-23(2)31-28(24-15-7-3-8-16-24)30(26-19-11-5-12-20-26,27-21-13-6-14-22-27)32-29(31)25-17-9-4-10-18-25/h3-23,28-29H,1-2H3/t28-,29+/m1/s1. The highest BCUT2D eigenvalue weighted by Gasteiger charge is 2.56. The molecule has 0 saturated carbocycles. The van der Waals surface area contributed by atoms with Crippen LogP contribution in [0.5, 0.6) is 0 Å². The molecule has 2 heteroatoms. The first-order chi connectivity index (χ1) is 15.7. The summed E-state index contributed by atoms with van der Waals surface area (Å²) in [6.07, 6.45) is 0. The Morgan fingerprint density at radius 2 is 1.00 bits per heavy atom. The van der Waals surface area contributed by atoms with Crippen molar-refractivity contribution in [3.63, 3.8) is 0 Å². The Labute approximate surface area is 196 Å². The van der Waals surface area contributed by atoms with Crippen molar-refractivity contribution in [2.45, 2.75) is 36.1 Å². The predicted octanol–water partition coefficient (Wildman–Crippen LogP) is 7.83. The minimum atomic E-state index is -0.228. The Morgan fingerprint density at radius 3 is 1.44 bits per heavy atom. The molecule has 0 amide bonds. The molecule has 32 heavy (non-hydrogen) atoms. The van der Waals surface area contributed by atoms with Crippen molar-refractivity contribution in [1.82, 2.24) is 4.90 Å². The third-order valence-electron chi connectivity index (χ3n) is 6.45. The molecule has 4 aromatic carbocycles. The molecule has 1 aliphatic rings. The van der Waals surface area contributed by atoms with Crippen molar-refractivity contribution in [3.05, 3.63) is 144 Å². The molecule has 2 atom stereocenters. The fourth-order valence-corrected chi connectivity index (χ4v) is 7.17. The summed E-state index contributed by atoms with van der Waals surface area (Å²) in [5.41, 5.74) is 5.43. The first kappa shape index (κ1) is 21.1. The van der Waals surface area contributed by atoms with E-state index in [0.717, 1.165) is 0 Å². The first-order valence-corrected chi connectivity index (χ1v) is 12.3. The van der Waals surface area contributed by atoms with Crippen LogP contribution in [0.3, 0.4) is 0 Å². The maximum Gasteiger partial charge on any atom is 0.0873 e. The second kappa shape index (κ2) is 8.97. The molecule has 1 heterocycles. The second-order valence-corrected chi connectivity index (χ2v) is 10.0. The van der Waals surface area contributed by atoms with E-state index in [9.17, 15) is 0 Å². The molecule has 0 spiro atoms. The van der Waals surface area contributed by atoms with Gasteiger partial charge >= 0.3 is 0 Å². The molecule has 0 unspecified atom stereocenters. The first-order valence-electron chi connectivity index (χ1n) is 11.4. The van der Waals surface area contributed by atoms with Crippen molar-refractivity contribution >= 4 is 11.8 Å². The highest BCUT2D eigenvalue weighted by Crippen LogP contribution is 2.66. The average molecular weight is 436 g/mol. The number of benzene rings is 4. The van der Waals surface area contributed by atoms with Crippen LogP contribution >= 0.6 is 11.8 Å². The normalized spacial score (nSPS) is 20.5. The van der Waals surface area contributed by atoms with E-state index in [1.54, 1.807) is 0 Å². The third kappa shape index (κ3) is 3.58. The van der Waals surface area contributed by atoms with Gasteiger partial charge in [-0.05, 0) is 36.1 Å². The fourth-order valence-electron chi connectivity index (χ4n) is 5.11. The monoisotopic (exact) mass is 435 g/mol. The summed E-state index contributed by atoms with van der Waals surface area (Å²) in [6, 6.07) is 44.8. The van der Waals surface area contributed by atoms with Crippen LogP contribution in [0, 0.1) is 0 Å². The molecular formula is C30H29NS. The van der Waals surface area contributed by atoms with Gasteiger partial charge in [-0.2, -0.15) is 0 Å². The summed E-state index contributed by atoms with van der Waals surface area (Å²) < 4.78 is -0.228. The van der Waals surface area contributed by atoms with E-state index in [1.165, 1.54) is 22.3 Å². The summed E-state index contributed by atoms with van der Waals surface area (Å²) >= 11 is 2.08. The maximum atomic E-state index is 2.72. The number of nitrogens with zero attached hydrogens (tertiary/aromatic N) is 1. The van der Waals surface area contributed by atoms with Crippen molar-refractivity contribution in [3.8, 4) is 0 Å². The molecule has 160 valence electrons. The van der Waals surface area contributed by atoms with Crippen molar-refractivity contribution in [2.24, 2.45) is 0 Å². The Bertz CT molecular complexity index is 1090. The highest BCUT2D eigenvalue weighted by atomic mass is 32.2. The van der Waals surface area contributed by atoms with Crippen LogP contribution in [0.15, 0.2) is 121 Å². The lowest BCUT2D eigenvalue weighted by atomic mass is 9.79. The SMILES string of the molecule is CC(C)N1[C@H](c2ccccc2)SC(c2ccccc2)(c2ccccc2)[C@H]1c1ccccc1. The summed E-state index contributed by atoms with van der Waals surface area (Å²) in [5.74, 6) is 0. The Kier molecular flexibility index (Phi) is 5.91. The second-order valence-electron chi connectivity index (χ2n) is 8.70. The van der Waals surface area contributed by atoms with Gasteiger partial charge in [-0.3, -0.25) is 4.90 Å². The summed E-state index contributed by atoms with van der Waals surface area (Å²) in [6.45, 7) is 4.66. The molecule has 0 aromatic heterocycles. The molecule has 5 rings (SSSR count). The van der Waals surface area contributed by atoms with Crippen molar-refractivity contribution in [1.29, 1.82) is 0 Å². The fraction of sp³-hybridized carbons (Fsp3) is 0.200. The van der Waals surface area contributed by atoms with Gasteiger partial charge in [0.1, 0.15) is 0 Å². The van der Waals surface area contributed by atoms with Gasteiger partial charge in [-0.25, -0.2) is 0 Å². The number of hydrogen-bond donors (Lipinski definition) is 0. The molecule has 1 nitrogen and oxygen atoms in total. The Hall–Kier alpha value is -2.81. The van der Waals surface area contributed by atoms with Gasteiger partial charge in [0, 0.05) is 6.04 Å². The zero-order valence-corrected chi connectivity index (χ0v) is 19.5.